The molecule has 0 saturated carbocycles. The summed E-state index contributed by atoms with van der Waals surface area (Å²) >= 11 is 0. The Morgan fingerprint density at radius 2 is 1.40 bits per heavy atom. The third-order valence-corrected chi connectivity index (χ3v) is 1.99. The molecule has 1 aromatic carbocycles. The number of hydrogen-bond donors (Lipinski definition) is 0. The first-order valence-electron chi connectivity index (χ1n) is 5.11. The van der Waals surface area contributed by atoms with Crippen LogP contribution in [0.3, 0.4) is 0 Å². The SMILES string of the molecule is C#CCOc1ccc(OC(C(F)(F)F)C(F)(F)F)cc1. The Balaban J connectivity index is 2.83. The van der Waals surface area contributed by atoms with Gasteiger partial charge in [0.1, 0.15) is 18.1 Å². The topological polar surface area (TPSA) is 18.5 Å². The summed E-state index contributed by atoms with van der Waals surface area (Å²) in [6.45, 7) is -0.0755. The minimum Gasteiger partial charge on any atom is -0.481 e. The molecule has 0 radical (unpaired) electrons. The van der Waals surface area contributed by atoms with Gasteiger partial charge in [0.05, 0.1) is 0 Å². The second-order valence-electron chi connectivity index (χ2n) is 3.55. The number of benzene rings is 1. The smallest absolute Gasteiger partial charge is 0.434 e. The van der Waals surface area contributed by atoms with Gasteiger partial charge in [0, 0.05) is 0 Å². The quantitative estimate of drug-likeness (QED) is 0.625. The van der Waals surface area contributed by atoms with Gasteiger partial charge >= 0.3 is 12.4 Å². The summed E-state index contributed by atoms with van der Waals surface area (Å²) < 4.78 is 82.4. The van der Waals surface area contributed by atoms with Crippen molar-refractivity contribution in [3.05, 3.63) is 24.3 Å². The Bertz CT molecular complexity index is 455. The summed E-state index contributed by atoms with van der Waals surface area (Å²) in [7, 11) is 0. The van der Waals surface area contributed by atoms with Crippen LogP contribution in [0.4, 0.5) is 26.3 Å². The lowest BCUT2D eigenvalue weighted by molar-refractivity contribution is -0.299. The normalized spacial score (nSPS) is 12.1. The summed E-state index contributed by atoms with van der Waals surface area (Å²) in [4.78, 5) is 0. The van der Waals surface area contributed by atoms with Crippen LogP contribution in [-0.4, -0.2) is 25.1 Å². The van der Waals surface area contributed by atoms with Gasteiger partial charge in [-0.15, -0.1) is 6.42 Å². The molecule has 0 aliphatic rings. The van der Waals surface area contributed by atoms with Gasteiger partial charge < -0.3 is 9.47 Å². The predicted molar refractivity (Wildman–Crippen MR) is 57.3 cm³/mol. The number of halogens is 6. The zero-order valence-electron chi connectivity index (χ0n) is 9.76. The van der Waals surface area contributed by atoms with Crippen LogP contribution in [0.25, 0.3) is 0 Å². The molecule has 2 nitrogen and oxygen atoms in total. The molecule has 0 unspecified atom stereocenters. The van der Waals surface area contributed by atoms with E-state index in [1.165, 1.54) is 0 Å². The standard InChI is InChI=1S/C12H8F6O2/c1-2-7-19-8-3-5-9(6-4-8)20-10(11(13,14)15)12(16,17)18/h1,3-6,10H,7H2. The molecule has 0 atom stereocenters. The molecular weight excluding hydrogens is 290 g/mol. The van der Waals surface area contributed by atoms with Crippen molar-refractivity contribution in [2.45, 2.75) is 18.5 Å². The predicted octanol–water partition coefficient (Wildman–Crippen LogP) is 3.57. The second-order valence-corrected chi connectivity index (χ2v) is 3.55. The van der Waals surface area contributed by atoms with Gasteiger partial charge in [-0.3, -0.25) is 0 Å². The molecule has 0 bridgehead atoms. The first-order chi connectivity index (χ1) is 9.14. The third kappa shape index (κ3) is 4.57. The maximum absolute atomic E-state index is 12.3. The van der Waals surface area contributed by atoms with E-state index in [1.54, 1.807) is 0 Å². The van der Waals surface area contributed by atoms with E-state index in [0.717, 1.165) is 24.3 Å². The Morgan fingerprint density at radius 1 is 0.950 bits per heavy atom. The van der Waals surface area contributed by atoms with Crippen molar-refractivity contribution in [1.82, 2.24) is 0 Å². The Kier molecular flexibility index (Phi) is 4.76. The van der Waals surface area contributed by atoms with Crippen molar-refractivity contribution in [2.75, 3.05) is 6.61 Å². The monoisotopic (exact) mass is 298 g/mol. The molecule has 0 aliphatic heterocycles. The molecule has 0 amide bonds. The molecule has 1 aromatic rings. The van der Waals surface area contributed by atoms with E-state index in [2.05, 4.69) is 10.7 Å². The molecule has 0 aromatic heterocycles. The van der Waals surface area contributed by atoms with Gasteiger partial charge in [-0.25, -0.2) is 0 Å². The zero-order valence-corrected chi connectivity index (χ0v) is 9.76. The van der Waals surface area contributed by atoms with Crippen molar-refractivity contribution in [2.24, 2.45) is 0 Å². The maximum Gasteiger partial charge on any atom is 0.434 e. The molecule has 1 rings (SSSR count). The van der Waals surface area contributed by atoms with Gasteiger partial charge in [-0.1, -0.05) is 5.92 Å². The molecule has 0 aliphatic carbocycles. The van der Waals surface area contributed by atoms with Crippen molar-refractivity contribution in [3.63, 3.8) is 0 Å². The van der Waals surface area contributed by atoms with Gasteiger partial charge in [0.25, 0.3) is 6.10 Å². The number of terminal acetylenes is 1. The van der Waals surface area contributed by atoms with E-state index in [4.69, 9.17) is 11.2 Å². The van der Waals surface area contributed by atoms with Gasteiger partial charge in [-0.2, -0.15) is 26.3 Å². The van der Waals surface area contributed by atoms with Gasteiger partial charge in [0.15, 0.2) is 0 Å². The Labute approximate surface area is 110 Å². The highest BCUT2D eigenvalue weighted by atomic mass is 19.4. The molecule has 0 N–H and O–H groups in total. The highest BCUT2D eigenvalue weighted by Crippen LogP contribution is 2.36. The lowest BCUT2D eigenvalue weighted by Gasteiger charge is -2.23. The van der Waals surface area contributed by atoms with E-state index in [-0.39, 0.29) is 12.4 Å². The number of ether oxygens (including phenoxy) is 2. The van der Waals surface area contributed by atoms with E-state index in [1.807, 2.05) is 0 Å². The van der Waals surface area contributed by atoms with Crippen LogP contribution in [0.2, 0.25) is 0 Å². The Hall–Kier alpha value is -2.04. The molecule has 0 spiro atoms. The van der Waals surface area contributed by atoms with E-state index in [0.29, 0.717) is 0 Å². The van der Waals surface area contributed by atoms with Crippen LogP contribution >= 0.6 is 0 Å². The van der Waals surface area contributed by atoms with Crippen LogP contribution in [0.1, 0.15) is 0 Å². The lowest BCUT2D eigenvalue weighted by Crippen LogP contribution is -2.46. The zero-order chi connectivity index (χ0) is 15.4. The van der Waals surface area contributed by atoms with Crippen molar-refractivity contribution in [1.29, 1.82) is 0 Å². The summed E-state index contributed by atoms with van der Waals surface area (Å²) in [6, 6.07) is 4.15. The largest absolute Gasteiger partial charge is 0.481 e. The molecule has 0 heterocycles. The van der Waals surface area contributed by atoms with Crippen LogP contribution in [0.15, 0.2) is 24.3 Å². The lowest BCUT2D eigenvalue weighted by atomic mass is 10.3. The summed E-state index contributed by atoms with van der Waals surface area (Å²) in [6.07, 6.45) is -10.1. The van der Waals surface area contributed by atoms with Crippen LogP contribution < -0.4 is 9.47 Å². The molecule has 110 valence electrons. The van der Waals surface area contributed by atoms with Crippen LogP contribution in [0, 0.1) is 12.3 Å². The minimum absolute atomic E-state index is 0.0755. The number of rotatable bonds is 4. The third-order valence-electron chi connectivity index (χ3n) is 1.99. The highest BCUT2D eigenvalue weighted by Gasteiger charge is 2.59. The first kappa shape index (κ1) is 16.0. The first-order valence-corrected chi connectivity index (χ1v) is 5.11. The van der Waals surface area contributed by atoms with E-state index < -0.39 is 24.2 Å². The average Bonchev–Trinajstić information content (AvgIpc) is 2.32. The van der Waals surface area contributed by atoms with Gasteiger partial charge in [-0.05, 0) is 24.3 Å². The van der Waals surface area contributed by atoms with Crippen LogP contribution in [-0.2, 0) is 0 Å². The van der Waals surface area contributed by atoms with Crippen LogP contribution in [0.5, 0.6) is 11.5 Å². The fourth-order valence-corrected chi connectivity index (χ4v) is 1.19. The fourth-order valence-electron chi connectivity index (χ4n) is 1.19. The molecule has 0 fully saturated rings. The Morgan fingerprint density at radius 3 is 1.80 bits per heavy atom. The van der Waals surface area contributed by atoms with Crippen molar-refractivity contribution in [3.8, 4) is 23.8 Å². The summed E-state index contributed by atoms with van der Waals surface area (Å²) in [5.41, 5.74) is 0. The fraction of sp³-hybridized carbons (Fsp3) is 0.333. The molecular formula is C12H8F6O2. The molecule has 8 heteroatoms. The van der Waals surface area contributed by atoms with E-state index >= 15 is 0 Å². The van der Waals surface area contributed by atoms with E-state index in [9.17, 15) is 26.3 Å². The highest BCUT2D eigenvalue weighted by molar-refractivity contribution is 5.31. The molecule has 20 heavy (non-hydrogen) atoms. The maximum atomic E-state index is 12.3. The second kappa shape index (κ2) is 5.94. The van der Waals surface area contributed by atoms with Crippen molar-refractivity contribution >= 4 is 0 Å². The number of alkyl halides is 6. The number of hydrogen-bond acceptors (Lipinski definition) is 2. The summed E-state index contributed by atoms with van der Waals surface area (Å²) in [5, 5.41) is 0. The minimum atomic E-state index is -5.56. The van der Waals surface area contributed by atoms with Crippen molar-refractivity contribution < 1.29 is 35.8 Å². The molecule has 0 saturated heterocycles. The van der Waals surface area contributed by atoms with Gasteiger partial charge in [0.2, 0.25) is 0 Å². The average molecular weight is 298 g/mol. The summed E-state index contributed by atoms with van der Waals surface area (Å²) in [5.74, 6) is 1.77.